The number of anilines is 4. The van der Waals surface area contributed by atoms with Gasteiger partial charge >= 0.3 is 0 Å². The summed E-state index contributed by atoms with van der Waals surface area (Å²) in [5.74, 6) is 1.73. The monoisotopic (exact) mass is 394 g/mol. The molecule has 3 aromatic rings. The molecular weight excluding hydrogens is 372 g/mol. The second-order valence-electron chi connectivity index (χ2n) is 6.28. The molecular formula is C20H22N6OS. The van der Waals surface area contributed by atoms with Crippen LogP contribution in [-0.2, 0) is 10.5 Å². The Balaban J connectivity index is 1.55. The van der Waals surface area contributed by atoms with Crippen LogP contribution in [0.2, 0.25) is 0 Å². The zero-order valence-electron chi connectivity index (χ0n) is 15.8. The minimum atomic E-state index is -0.0749. The number of benzene rings is 2. The van der Waals surface area contributed by atoms with Gasteiger partial charge in [-0.05, 0) is 37.6 Å². The minimum Gasteiger partial charge on any atom is -0.368 e. The number of amides is 1. The number of thioether (sulfide) groups is 1. The van der Waals surface area contributed by atoms with Gasteiger partial charge in [-0.3, -0.25) is 4.79 Å². The van der Waals surface area contributed by atoms with E-state index in [0.29, 0.717) is 23.3 Å². The maximum Gasteiger partial charge on any atom is 0.234 e. The van der Waals surface area contributed by atoms with E-state index in [-0.39, 0.29) is 11.9 Å². The van der Waals surface area contributed by atoms with Gasteiger partial charge in [0.2, 0.25) is 17.8 Å². The lowest BCUT2D eigenvalue weighted by atomic mass is 10.2. The zero-order valence-corrected chi connectivity index (χ0v) is 16.6. The van der Waals surface area contributed by atoms with Crippen molar-refractivity contribution in [2.45, 2.75) is 19.6 Å². The van der Waals surface area contributed by atoms with Crippen LogP contribution in [0.25, 0.3) is 0 Å². The molecule has 0 bridgehead atoms. The molecule has 7 nitrogen and oxygen atoms in total. The first-order chi connectivity index (χ1) is 13.5. The van der Waals surface area contributed by atoms with E-state index in [1.165, 1.54) is 11.8 Å². The quantitative estimate of drug-likeness (QED) is 0.561. The first-order valence-corrected chi connectivity index (χ1v) is 9.92. The van der Waals surface area contributed by atoms with Crippen molar-refractivity contribution >= 4 is 40.9 Å². The summed E-state index contributed by atoms with van der Waals surface area (Å²) < 4.78 is 0. The topological polar surface area (TPSA) is 106 Å². The number of carbonyl (C=O) groups excluding carboxylic acids is 1. The standard InChI is InChI=1S/C20H22N6OS/c1-13-7-9-15(10-8-13)22-18(27)12-28-11-17-24-19(21)26-20(25-17)23-16-6-4-3-5-14(16)2/h3-10H,11-12H2,1-2H3,(H,22,27)(H3,21,23,24,25,26). The predicted molar refractivity (Wildman–Crippen MR) is 115 cm³/mol. The van der Waals surface area contributed by atoms with Crippen molar-refractivity contribution in [2.24, 2.45) is 0 Å². The summed E-state index contributed by atoms with van der Waals surface area (Å²) in [6.45, 7) is 4.00. The molecule has 2 aromatic carbocycles. The Bertz CT molecular complexity index is 961. The number of carbonyl (C=O) groups is 1. The largest absolute Gasteiger partial charge is 0.368 e. The second kappa shape index (κ2) is 9.18. The van der Waals surface area contributed by atoms with Crippen molar-refractivity contribution < 1.29 is 4.79 Å². The van der Waals surface area contributed by atoms with Gasteiger partial charge in [0.05, 0.1) is 11.5 Å². The summed E-state index contributed by atoms with van der Waals surface area (Å²) in [6.07, 6.45) is 0. The lowest BCUT2D eigenvalue weighted by Gasteiger charge is -2.09. The first-order valence-electron chi connectivity index (χ1n) is 8.77. The van der Waals surface area contributed by atoms with Gasteiger partial charge in [-0.2, -0.15) is 15.0 Å². The molecule has 0 unspecified atom stereocenters. The molecule has 0 saturated carbocycles. The summed E-state index contributed by atoms with van der Waals surface area (Å²) in [6, 6.07) is 15.5. The number of aromatic nitrogens is 3. The summed E-state index contributed by atoms with van der Waals surface area (Å²) in [4.78, 5) is 24.8. The third kappa shape index (κ3) is 5.68. The van der Waals surface area contributed by atoms with Gasteiger partial charge in [0.1, 0.15) is 5.82 Å². The average Bonchev–Trinajstić information content (AvgIpc) is 2.65. The van der Waals surface area contributed by atoms with E-state index in [4.69, 9.17) is 5.73 Å². The van der Waals surface area contributed by atoms with Crippen LogP contribution in [0, 0.1) is 13.8 Å². The molecule has 0 fully saturated rings. The highest BCUT2D eigenvalue weighted by atomic mass is 32.2. The van der Waals surface area contributed by atoms with Crippen molar-refractivity contribution in [3.05, 3.63) is 65.5 Å². The van der Waals surface area contributed by atoms with Crippen LogP contribution in [0.4, 0.5) is 23.3 Å². The summed E-state index contributed by atoms with van der Waals surface area (Å²) >= 11 is 1.42. The Morgan fingerprint density at radius 2 is 1.79 bits per heavy atom. The molecule has 0 aliphatic rings. The fourth-order valence-corrected chi connectivity index (χ4v) is 3.13. The Hall–Kier alpha value is -3.13. The van der Waals surface area contributed by atoms with Crippen molar-refractivity contribution in [1.29, 1.82) is 0 Å². The molecule has 3 rings (SSSR count). The zero-order chi connectivity index (χ0) is 19.9. The van der Waals surface area contributed by atoms with Crippen LogP contribution in [0.3, 0.4) is 0 Å². The molecule has 8 heteroatoms. The molecule has 1 heterocycles. The summed E-state index contributed by atoms with van der Waals surface area (Å²) in [5, 5.41) is 6.03. The highest BCUT2D eigenvalue weighted by molar-refractivity contribution is 7.99. The van der Waals surface area contributed by atoms with E-state index in [9.17, 15) is 4.79 Å². The lowest BCUT2D eigenvalue weighted by molar-refractivity contribution is -0.113. The van der Waals surface area contributed by atoms with Crippen LogP contribution in [0.1, 0.15) is 17.0 Å². The van der Waals surface area contributed by atoms with E-state index < -0.39 is 0 Å². The Morgan fingerprint density at radius 3 is 2.54 bits per heavy atom. The van der Waals surface area contributed by atoms with Crippen LogP contribution < -0.4 is 16.4 Å². The van der Waals surface area contributed by atoms with Crippen LogP contribution in [0.15, 0.2) is 48.5 Å². The molecule has 0 atom stereocenters. The molecule has 28 heavy (non-hydrogen) atoms. The minimum absolute atomic E-state index is 0.0749. The Labute approximate surface area is 168 Å². The molecule has 1 aromatic heterocycles. The highest BCUT2D eigenvalue weighted by Gasteiger charge is 2.08. The molecule has 0 aliphatic carbocycles. The molecule has 0 aliphatic heterocycles. The molecule has 0 saturated heterocycles. The highest BCUT2D eigenvalue weighted by Crippen LogP contribution is 2.19. The van der Waals surface area contributed by atoms with Crippen molar-refractivity contribution in [2.75, 3.05) is 22.1 Å². The number of nitrogen functional groups attached to an aromatic ring is 1. The number of hydrogen-bond acceptors (Lipinski definition) is 7. The molecule has 0 radical (unpaired) electrons. The number of aryl methyl sites for hydroxylation is 2. The Kier molecular flexibility index (Phi) is 6.44. The van der Waals surface area contributed by atoms with Gasteiger partial charge < -0.3 is 16.4 Å². The molecule has 1 amide bonds. The fraction of sp³-hybridized carbons (Fsp3) is 0.200. The molecule has 0 spiro atoms. The smallest absolute Gasteiger partial charge is 0.234 e. The van der Waals surface area contributed by atoms with Crippen molar-refractivity contribution in [3.8, 4) is 0 Å². The predicted octanol–water partition coefficient (Wildman–Crippen LogP) is 3.69. The third-order valence-electron chi connectivity index (χ3n) is 3.89. The van der Waals surface area contributed by atoms with Gasteiger partial charge in [-0.15, -0.1) is 11.8 Å². The average molecular weight is 395 g/mol. The number of nitrogens with zero attached hydrogens (tertiary/aromatic N) is 3. The van der Waals surface area contributed by atoms with E-state index >= 15 is 0 Å². The van der Waals surface area contributed by atoms with Crippen LogP contribution >= 0.6 is 11.8 Å². The third-order valence-corrected chi connectivity index (χ3v) is 4.82. The van der Waals surface area contributed by atoms with E-state index in [1.54, 1.807) is 0 Å². The number of nitrogens with one attached hydrogen (secondary N) is 2. The van der Waals surface area contributed by atoms with Gasteiger partial charge in [-0.25, -0.2) is 0 Å². The number of hydrogen-bond donors (Lipinski definition) is 3. The number of nitrogens with two attached hydrogens (primary N) is 1. The fourth-order valence-electron chi connectivity index (χ4n) is 2.46. The van der Waals surface area contributed by atoms with Crippen molar-refractivity contribution in [3.63, 3.8) is 0 Å². The van der Waals surface area contributed by atoms with Gasteiger partial charge in [-0.1, -0.05) is 35.9 Å². The van der Waals surface area contributed by atoms with Crippen LogP contribution in [0.5, 0.6) is 0 Å². The van der Waals surface area contributed by atoms with Crippen molar-refractivity contribution in [1.82, 2.24) is 15.0 Å². The van der Waals surface area contributed by atoms with E-state index in [0.717, 1.165) is 22.5 Å². The number of rotatable bonds is 7. The first kappa shape index (κ1) is 19.6. The summed E-state index contributed by atoms with van der Waals surface area (Å²) in [5.41, 5.74) is 9.72. The van der Waals surface area contributed by atoms with Gasteiger partial charge in [0, 0.05) is 11.4 Å². The molecule has 144 valence electrons. The lowest BCUT2D eigenvalue weighted by Crippen LogP contribution is -2.14. The molecule has 4 N–H and O–H groups in total. The second-order valence-corrected chi connectivity index (χ2v) is 7.27. The van der Waals surface area contributed by atoms with Crippen LogP contribution in [-0.4, -0.2) is 26.6 Å². The Morgan fingerprint density at radius 1 is 1.04 bits per heavy atom. The van der Waals surface area contributed by atoms with Gasteiger partial charge in [0.25, 0.3) is 0 Å². The maximum atomic E-state index is 12.1. The van der Waals surface area contributed by atoms with Gasteiger partial charge in [0.15, 0.2) is 0 Å². The normalized spacial score (nSPS) is 10.5. The maximum absolute atomic E-state index is 12.1. The number of para-hydroxylation sites is 1. The summed E-state index contributed by atoms with van der Waals surface area (Å²) in [7, 11) is 0. The van der Waals surface area contributed by atoms with E-state index in [2.05, 4.69) is 25.6 Å². The van der Waals surface area contributed by atoms with E-state index in [1.807, 2.05) is 62.4 Å². The SMILES string of the molecule is Cc1ccc(NC(=O)CSCc2nc(N)nc(Nc3ccccc3C)n2)cc1.